The fraction of sp³-hybridized carbons (Fsp3) is 0.462. The molecule has 19 heavy (non-hydrogen) atoms. The lowest BCUT2D eigenvalue weighted by Gasteiger charge is -2.16. The van der Waals surface area contributed by atoms with Crippen molar-refractivity contribution in [1.82, 2.24) is 5.32 Å². The van der Waals surface area contributed by atoms with Crippen LogP contribution < -0.4 is 11.1 Å². The number of nitrogens with zero attached hydrogens (tertiary/aromatic N) is 1. The molecule has 0 aliphatic heterocycles. The molecule has 0 radical (unpaired) electrons. The summed E-state index contributed by atoms with van der Waals surface area (Å²) in [6.45, 7) is 1.80. The third kappa shape index (κ3) is 4.86. The van der Waals surface area contributed by atoms with Gasteiger partial charge in [0.05, 0.1) is 12.7 Å². The molecule has 0 bridgehead atoms. The van der Waals surface area contributed by atoms with E-state index >= 15 is 0 Å². The van der Waals surface area contributed by atoms with E-state index in [0.717, 1.165) is 11.1 Å². The molecule has 1 rings (SSSR count). The molecule has 0 fully saturated rings. The third-order valence-corrected chi connectivity index (χ3v) is 2.77. The fourth-order valence-electron chi connectivity index (χ4n) is 1.74. The lowest BCUT2D eigenvalue weighted by Crippen LogP contribution is -2.32. The van der Waals surface area contributed by atoms with Crippen molar-refractivity contribution in [2.24, 2.45) is 10.9 Å². The summed E-state index contributed by atoms with van der Waals surface area (Å²) in [4.78, 5) is 0. The van der Waals surface area contributed by atoms with Crippen molar-refractivity contribution in [2.75, 3.05) is 27.4 Å². The van der Waals surface area contributed by atoms with Crippen LogP contribution in [0.15, 0.2) is 29.4 Å². The zero-order valence-corrected chi connectivity index (χ0v) is 11.3. The number of rotatable bonds is 8. The predicted molar refractivity (Wildman–Crippen MR) is 73.3 cm³/mol. The van der Waals surface area contributed by atoms with Gasteiger partial charge in [-0.1, -0.05) is 29.4 Å². The Morgan fingerprint density at radius 2 is 2.16 bits per heavy atom. The van der Waals surface area contributed by atoms with Crippen molar-refractivity contribution in [1.29, 1.82) is 0 Å². The lowest BCUT2D eigenvalue weighted by molar-refractivity contribution is 0.0288. The highest BCUT2D eigenvalue weighted by Gasteiger charge is 2.08. The minimum Gasteiger partial charge on any atom is -0.409 e. The van der Waals surface area contributed by atoms with Gasteiger partial charge in [-0.3, -0.25) is 0 Å². The molecule has 0 saturated carbocycles. The smallest absolute Gasteiger partial charge is 0.170 e. The minimum atomic E-state index is 0.000943. The first kappa shape index (κ1) is 15.4. The number of ether oxygens (including phenoxy) is 2. The van der Waals surface area contributed by atoms with Crippen LogP contribution in [0.3, 0.4) is 0 Å². The Morgan fingerprint density at radius 3 is 2.79 bits per heavy atom. The number of nitrogens with one attached hydrogen (secondary N) is 1. The SMILES string of the molecule is COCC(CNCc1ccccc1/C(N)=N/O)OC. The summed E-state index contributed by atoms with van der Waals surface area (Å²) < 4.78 is 10.3. The zero-order valence-electron chi connectivity index (χ0n) is 11.3. The second kappa shape index (κ2) is 8.47. The quantitative estimate of drug-likeness (QED) is 0.277. The van der Waals surface area contributed by atoms with Gasteiger partial charge in [-0.2, -0.15) is 0 Å². The fourth-order valence-corrected chi connectivity index (χ4v) is 1.74. The maximum Gasteiger partial charge on any atom is 0.170 e. The van der Waals surface area contributed by atoms with Gasteiger partial charge < -0.3 is 25.7 Å². The summed E-state index contributed by atoms with van der Waals surface area (Å²) in [6.07, 6.45) is 0.000943. The Hall–Kier alpha value is -1.63. The van der Waals surface area contributed by atoms with Gasteiger partial charge in [0.1, 0.15) is 0 Å². The van der Waals surface area contributed by atoms with Crippen LogP contribution in [0, 0.1) is 0 Å². The Bertz CT molecular complexity index is 410. The first-order chi connectivity index (χ1) is 9.22. The van der Waals surface area contributed by atoms with Crippen molar-refractivity contribution in [3.8, 4) is 0 Å². The largest absolute Gasteiger partial charge is 0.409 e. The van der Waals surface area contributed by atoms with Gasteiger partial charge in [0.25, 0.3) is 0 Å². The Labute approximate surface area is 113 Å². The van der Waals surface area contributed by atoms with E-state index in [0.29, 0.717) is 19.7 Å². The van der Waals surface area contributed by atoms with Crippen LogP contribution in [-0.2, 0) is 16.0 Å². The molecule has 106 valence electrons. The molecule has 6 heteroatoms. The number of methoxy groups -OCH3 is 2. The molecule has 0 amide bonds. The van der Waals surface area contributed by atoms with Gasteiger partial charge in [-0.25, -0.2) is 0 Å². The normalized spacial score (nSPS) is 13.5. The van der Waals surface area contributed by atoms with Gasteiger partial charge in [0, 0.05) is 32.9 Å². The highest BCUT2D eigenvalue weighted by molar-refractivity contribution is 5.98. The number of amidine groups is 1. The summed E-state index contributed by atoms with van der Waals surface area (Å²) >= 11 is 0. The van der Waals surface area contributed by atoms with E-state index in [4.69, 9.17) is 20.4 Å². The second-order valence-electron chi connectivity index (χ2n) is 4.09. The van der Waals surface area contributed by atoms with E-state index in [1.54, 1.807) is 14.2 Å². The van der Waals surface area contributed by atoms with Crippen molar-refractivity contribution in [3.05, 3.63) is 35.4 Å². The maximum atomic E-state index is 8.74. The number of nitrogens with two attached hydrogens (primary N) is 1. The number of benzene rings is 1. The van der Waals surface area contributed by atoms with Crippen molar-refractivity contribution >= 4 is 5.84 Å². The molecule has 0 aliphatic rings. The molecule has 1 aromatic carbocycles. The van der Waals surface area contributed by atoms with Gasteiger partial charge >= 0.3 is 0 Å². The van der Waals surface area contributed by atoms with Crippen molar-refractivity contribution < 1.29 is 14.7 Å². The topological polar surface area (TPSA) is 89.1 Å². The van der Waals surface area contributed by atoms with E-state index in [-0.39, 0.29) is 11.9 Å². The number of oxime groups is 1. The highest BCUT2D eigenvalue weighted by atomic mass is 16.5. The van der Waals surface area contributed by atoms with Gasteiger partial charge in [-0.05, 0) is 5.56 Å². The second-order valence-corrected chi connectivity index (χ2v) is 4.09. The molecule has 4 N–H and O–H groups in total. The van der Waals surface area contributed by atoms with Crippen LogP contribution in [0.2, 0.25) is 0 Å². The zero-order chi connectivity index (χ0) is 14.1. The van der Waals surface area contributed by atoms with Crippen molar-refractivity contribution in [2.45, 2.75) is 12.6 Å². The van der Waals surface area contributed by atoms with E-state index in [2.05, 4.69) is 10.5 Å². The maximum absolute atomic E-state index is 8.74. The van der Waals surface area contributed by atoms with Crippen LogP contribution in [0.5, 0.6) is 0 Å². The molecule has 0 aliphatic carbocycles. The summed E-state index contributed by atoms with van der Waals surface area (Å²) in [5.74, 6) is 0.109. The highest BCUT2D eigenvalue weighted by Crippen LogP contribution is 2.08. The standard InChI is InChI=1S/C13H21N3O3/c1-18-9-11(19-2)8-15-7-10-5-3-4-6-12(10)13(14)16-17/h3-6,11,15,17H,7-9H2,1-2H3,(H2,14,16). The Morgan fingerprint density at radius 1 is 1.42 bits per heavy atom. The van der Waals surface area contributed by atoms with Crippen LogP contribution in [0.4, 0.5) is 0 Å². The van der Waals surface area contributed by atoms with E-state index in [9.17, 15) is 0 Å². The molecule has 0 saturated heterocycles. The molecule has 1 atom stereocenters. The van der Waals surface area contributed by atoms with Gasteiger partial charge in [0.15, 0.2) is 5.84 Å². The monoisotopic (exact) mass is 267 g/mol. The van der Waals surface area contributed by atoms with E-state index in [1.165, 1.54) is 0 Å². The Kier molecular flexibility index (Phi) is 6.88. The molecule has 0 aromatic heterocycles. The minimum absolute atomic E-state index is 0.000943. The molecular weight excluding hydrogens is 246 g/mol. The average molecular weight is 267 g/mol. The summed E-state index contributed by atoms with van der Waals surface area (Å²) in [6, 6.07) is 7.50. The molecule has 6 nitrogen and oxygen atoms in total. The van der Waals surface area contributed by atoms with Crippen LogP contribution in [-0.4, -0.2) is 44.5 Å². The number of hydrogen-bond donors (Lipinski definition) is 3. The van der Waals surface area contributed by atoms with Crippen molar-refractivity contribution in [3.63, 3.8) is 0 Å². The first-order valence-corrected chi connectivity index (χ1v) is 6.01. The molecule has 0 heterocycles. The summed E-state index contributed by atoms with van der Waals surface area (Å²) in [5, 5.41) is 15.0. The van der Waals surface area contributed by atoms with Crippen LogP contribution >= 0.6 is 0 Å². The van der Waals surface area contributed by atoms with E-state index in [1.807, 2.05) is 24.3 Å². The lowest BCUT2D eigenvalue weighted by atomic mass is 10.1. The molecule has 1 unspecified atom stereocenters. The molecule has 1 aromatic rings. The summed E-state index contributed by atoms with van der Waals surface area (Å²) in [5.41, 5.74) is 7.31. The Balaban J connectivity index is 2.58. The van der Waals surface area contributed by atoms with Crippen LogP contribution in [0.25, 0.3) is 0 Å². The summed E-state index contributed by atoms with van der Waals surface area (Å²) in [7, 11) is 3.29. The predicted octanol–water partition coefficient (Wildman–Crippen LogP) is 0.532. The van der Waals surface area contributed by atoms with Crippen LogP contribution in [0.1, 0.15) is 11.1 Å². The first-order valence-electron chi connectivity index (χ1n) is 6.01. The van der Waals surface area contributed by atoms with E-state index < -0.39 is 0 Å². The van der Waals surface area contributed by atoms with Gasteiger partial charge in [-0.15, -0.1) is 0 Å². The van der Waals surface area contributed by atoms with Gasteiger partial charge in [0.2, 0.25) is 0 Å². The molecular formula is C13H21N3O3. The third-order valence-electron chi connectivity index (χ3n) is 2.77. The average Bonchev–Trinajstić information content (AvgIpc) is 2.46. The molecule has 0 spiro atoms. The number of hydrogen-bond acceptors (Lipinski definition) is 5.